The van der Waals surface area contributed by atoms with Crippen LogP contribution in [0.2, 0.25) is 0 Å². The number of ether oxygens (including phenoxy) is 2. The average Bonchev–Trinajstić information content (AvgIpc) is 2.27. The molecular formula is C8H11NO4. The lowest BCUT2D eigenvalue weighted by molar-refractivity contribution is -0.148. The van der Waals surface area contributed by atoms with E-state index in [2.05, 4.69) is 4.74 Å². The average molecular weight is 185 g/mol. The predicted octanol–water partition coefficient (Wildman–Crippen LogP) is 0.131. The molecule has 1 rings (SSSR count). The standard InChI is InChI=1S/C8H11NO4/c1-3-12-7(10)5-4(2)13-8(11)6(5)9/h4-5,9H,3H2,1-2H3/t4-,5?/m0/s1. The molecule has 0 aromatic carbocycles. The third-order valence-electron chi connectivity index (χ3n) is 1.83. The fourth-order valence-corrected chi connectivity index (χ4v) is 1.20. The van der Waals surface area contributed by atoms with Crippen LogP contribution < -0.4 is 0 Å². The number of esters is 2. The summed E-state index contributed by atoms with van der Waals surface area (Å²) in [5.74, 6) is -2.15. The molecule has 5 nitrogen and oxygen atoms in total. The Morgan fingerprint density at radius 1 is 1.69 bits per heavy atom. The molecule has 1 saturated heterocycles. The van der Waals surface area contributed by atoms with Crippen molar-refractivity contribution in [1.82, 2.24) is 0 Å². The third kappa shape index (κ3) is 1.68. The first-order valence-corrected chi connectivity index (χ1v) is 4.04. The van der Waals surface area contributed by atoms with Crippen molar-refractivity contribution in [3.05, 3.63) is 0 Å². The normalized spacial score (nSPS) is 27.2. The zero-order valence-electron chi connectivity index (χ0n) is 7.49. The van der Waals surface area contributed by atoms with Gasteiger partial charge in [0.2, 0.25) is 0 Å². The fraction of sp³-hybridized carbons (Fsp3) is 0.625. The monoisotopic (exact) mass is 185 g/mol. The molecule has 1 N–H and O–H groups in total. The van der Waals surface area contributed by atoms with Crippen molar-refractivity contribution in [1.29, 1.82) is 5.41 Å². The first kappa shape index (κ1) is 9.70. The Balaban J connectivity index is 2.74. The number of carbonyl (C=O) groups excluding carboxylic acids is 2. The SMILES string of the molecule is CCOC(=O)C1C(=N)C(=O)O[C@H]1C. The molecule has 13 heavy (non-hydrogen) atoms. The van der Waals surface area contributed by atoms with Gasteiger partial charge in [-0.05, 0) is 13.8 Å². The van der Waals surface area contributed by atoms with Crippen LogP contribution in [0.5, 0.6) is 0 Å². The van der Waals surface area contributed by atoms with Crippen molar-refractivity contribution in [2.24, 2.45) is 5.92 Å². The van der Waals surface area contributed by atoms with Gasteiger partial charge in [0.25, 0.3) is 0 Å². The van der Waals surface area contributed by atoms with Gasteiger partial charge in [-0.1, -0.05) is 0 Å². The topological polar surface area (TPSA) is 76.5 Å². The zero-order chi connectivity index (χ0) is 10.0. The summed E-state index contributed by atoms with van der Waals surface area (Å²) in [5.41, 5.74) is -0.314. The first-order chi connectivity index (χ1) is 6.07. The van der Waals surface area contributed by atoms with E-state index in [1.165, 1.54) is 0 Å². The van der Waals surface area contributed by atoms with E-state index in [0.717, 1.165) is 0 Å². The molecule has 1 aliphatic heterocycles. The Hall–Kier alpha value is -1.39. The van der Waals surface area contributed by atoms with E-state index in [0.29, 0.717) is 0 Å². The summed E-state index contributed by atoms with van der Waals surface area (Å²) in [7, 11) is 0. The summed E-state index contributed by atoms with van der Waals surface area (Å²) in [5, 5.41) is 7.28. The van der Waals surface area contributed by atoms with E-state index in [1.807, 2.05) is 0 Å². The van der Waals surface area contributed by atoms with Crippen molar-refractivity contribution in [3.63, 3.8) is 0 Å². The Labute approximate surface area is 75.5 Å². The minimum absolute atomic E-state index is 0.240. The van der Waals surface area contributed by atoms with Gasteiger partial charge in [0, 0.05) is 0 Å². The molecule has 1 fully saturated rings. The largest absolute Gasteiger partial charge is 0.465 e. The molecule has 72 valence electrons. The van der Waals surface area contributed by atoms with Gasteiger partial charge < -0.3 is 9.47 Å². The van der Waals surface area contributed by atoms with Gasteiger partial charge in [0.05, 0.1) is 6.61 Å². The van der Waals surface area contributed by atoms with Gasteiger partial charge in [-0.15, -0.1) is 0 Å². The Bertz CT molecular complexity index is 261. The molecule has 1 heterocycles. The zero-order valence-corrected chi connectivity index (χ0v) is 7.49. The van der Waals surface area contributed by atoms with Crippen LogP contribution in [0, 0.1) is 11.3 Å². The number of carbonyl (C=O) groups is 2. The van der Waals surface area contributed by atoms with Crippen molar-refractivity contribution in [2.45, 2.75) is 20.0 Å². The first-order valence-electron chi connectivity index (χ1n) is 4.04. The van der Waals surface area contributed by atoms with E-state index in [1.54, 1.807) is 13.8 Å². The summed E-state index contributed by atoms with van der Waals surface area (Å²) < 4.78 is 9.39. The summed E-state index contributed by atoms with van der Waals surface area (Å²) in [6, 6.07) is 0. The lowest BCUT2D eigenvalue weighted by Gasteiger charge is -2.10. The molecule has 0 aromatic rings. The summed E-state index contributed by atoms with van der Waals surface area (Å²) in [6.07, 6.45) is -0.584. The quantitative estimate of drug-likeness (QED) is 0.620. The maximum absolute atomic E-state index is 11.2. The predicted molar refractivity (Wildman–Crippen MR) is 43.4 cm³/mol. The van der Waals surface area contributed by atoms with Gasteiger partial charge in [0.15, 0.2) is 0 Å². The van der Waals surface area contributed by atoms with Crippen LogP contribution in [0.1, 0.15) is 13.8 Å². The number of hydrogen-bond donors (Lipinski definition) is 1. The molecule has 1 unspecified atom stereocenters. The van der Waals surface area contributed by atoms with Gasteiger partial charge in [0.1, 0.15) is 17.7 Å². The number of cyclic esters (lactones) is 1. The van der Waals surface area contributed by atoms with Crippen LogP contribution in [0.4, 0.5) is 0 Å². The Morgan fingerprint density at radius 2 is 2.31 bits per heavy atom. The van der Waals surface area contributed by atoms with E-state index in [-0.39, 0.29) is 12.3 Å². The van der Waals surface area contributed by atoms with Crippen molar-refractivity contribution in [2.75, 3.05) is 6.61 Å². The highest BCUT2D eigenvalue weighted by Gasteiger charge is 2.43. The highest BCUT2D eigenvalue weighted by molar-refractivity contribution is 6.41. The Morgan fingerprint density at radius 3 is 2.69 bits per heavy atom. The van der Waals surface area contributed by atoms with Crippen LogP contribution in [0.15, 0.2) is 0 Å². The van der Waals surface area contributed by atoms with E-state index in [9.17, 15) is 9.59 Å². The van der Waals surface area contributed by atoms with Crippen molar-refractivity contribution in [3.8, 4) is 0 Å². The summed E-state index contributed by atoms with van der Waals surface area (Å²) in [4.78, 5) is 22.1. The molecule has 5 heteroatoms. The maximum Gasteiger partial charge on any atom is 0.353 e. The van der Waals surface area contributed by atoms with E-state index < -0.39 is 24.0 Å². The second-order valence-electron chi connectivity index (χ2n) is 2.75. The maximum atomic E-state index is 11.2. The van der Waals surface area contributed by atoms with Crippen LogP contribution >= 0.6 is 0 Å². The molecular weight excluding hydrogens is 174 g/mol. The fourth-order valence-electron chi connectivity index (χ4n) is 1.20. The highest BCUT2D eigenvalue weighted by Crippen LogP contribution is 2.20. The minimum atomic E-state index is -0.854. The molecule has 0 radical (unpaired) electrons. The van der Waals surface area contributed by atoms with Crippen LogP contribution in [0.25, 0.3) is 0 Å². The van der Waals surface area contributed by atoms with Gasteiger partial charge >= 0.3 is 11.9 Å². The number of hydrogen-bond acceptors (Lipinski definition) is 5. The Kier molecular flexibility index (Phi) is 2.65. The highest BCUT2D eigenvalue weighted by atomic mass is 16.6. The van der Waals surface area contributed by atoms with Gasteiger partial charge in [-0.2, -0.15) is 0 Å². The van der Waals surface area contributed by atoms with Gasteiger partial charge in [-0.3, -0.25) is 10.2 Å². The molecule has 0 bridgehead atoms. The van der Waals surface area contributed by atoms with Crippen LogP contribution in [0.3, 0.4) is 0 Å². The summed E-state index contributed by atoms with van der Waals surface area (Å²) >= 11 is 0. The lowest BCUT2D eigenvalue weighted by Crippen LogP contribution is -2.29. The molecule has 0 spiro atoms. The van der Waals surface area contributed by atoms with Crippen LogP contribution in [-0.4, -0.2) is 30.4 Å². The molecule has 1 aliphatic rings. The van der Waals surface area contributed by atoms with Crippen molar-refractivity contribution < 1.29 is 19.1 Å². The molecule has 0 saturated carbocycles. The summed E-state index contributed by atoms with van der Waals surface area (Å²) in [6.45, 7) is 3.48. The van der Waals surface area contributed by atoms with Crippen molar-refractivity contribution >= 4 is 17.7 Å². The second kappa shape index (κ2) is 3.55. The van der Waals surface area contributed by atoms with E-state index >= 15 is 0 Å². The number of nitrogens with one attached hydrogen (secondary N) is 1. The minimum Gasteiger partial charge on any atom is -0.465 e. The second-order valence-corrected chi connectivity index (χ2v) is 2.75. The molecule has 0 amide bonds. The molecule has 0 aliphatic carbocycles. The smallest absolute Gasteiger partial charge is 0.353 e. The van der Waals surface area contributed by atoms with Crippen LogP contribution in [-0.2, 0) is 19.1 Å². The van der Waals surface area contributed by atoms with Gasteiger partial charge in [-0.25, -0.2) is 4.79 Å². The molecule has 2 atom stereocenters. The lowest BCUT2D eigenvalue weighted by atomic mass is 10.0. The van der Waals surface area contributed by atoms with E-state index in [4.69, 9.17) is 10.1 Å². The number of rotatable bonds is 2. The third-order valence-corrected chi connectivity index (χ3v) is 1.83. The molecule has 0 aromatic heterocycles.